The van der Waals surface area contributed by atoms with Crippen LogP contribution >= 0.6 is 0 Å². The number of nitrogens with two attached hydrogens (primary N) is 1. The van der Waals surface area contributed by atoms with Crippen LogP contribution in [-0.2, 0) is 13.0 Å². The van der Waals surface area contributed by atoms with Crippen LogP contribution in [0, 0.1) is 0 Å². The van der Waals surface area contributed by atoms with Gasteiger partial charge in [-0.15, -0.1) is 0 Å². The van der Waals surface area contributed by atoms with Gasteiger partial charge in [-0.1, -0.05) is 6.92 Å². The number of hydrogen-bond acceptors (Lipinski definition) is 1. The van der Waals surface area contributed by atoms with Gasteiger partial charge in [0.1, 0.15) is 0 Å². The van der Waals surface area contributed by atoms with Gasteiger partial charge in [0, 0.05) is 24.4 Å². The second kappa shape index (κ2) is 5.10. The lowest BCUT2D eigenvalue weighted by atomic mass is 10.1. The van der Waals surface area contributed by atoms with E-state index in [0.29, 0.717) is 6.42 Å². The summed E-state index contributed by atoms with van der Waals surface area (Å²) in [4.78, 5) is 0. The van der Waals surface area contributed by atoms with Crippen molar-refractivity contribution in [2.75, 3.05) is 0 Å². The highest BCUT2D eigenvalue weighted by molar-refractivity contribution is 5.08. The first kappa shape index (κ1) is 11.2. The van der Waals surface area contributed by atoms with Crippen LogP contribution < -0.4 is 5.73 Å². The molecule has 1 unspecified atom stereocenters. The van der Waals surface area contributed by atoms with E-state index in [4.69, 9.17) is 5.73 Å². The molecule has 0 aliphatic heterocycles. The largest absolute Gasteiger partial charge is 0.346 e. The SMILES string of the molecule is CCC(N)Cc1cccn1CC(F)F. The Balaban J connectivity index is 2.62. The molecule has 0 aliphatic rings. The van der Waals surface area contributed by atoms with Crippen LogP contribution in [0.1, 0.15) is 19.0 Å². The van der Waals surface area contributed by atoms with E-state index in [9.17, 15) is 8.78 Å². The predicted octanol–water partition coefficient (Wildman–Crippen LogP) is 2.03. The molecule has 2 N–H and O–H groups in total. The highest BCUT2D eigenvalue weighted by Gasteiger charge is 2.09. The van der Waals surface area contributed by atoms with Gasteiger partial charge < -0.3 is 10.3 Å². The lowest BCUT2D eigenvalue weighted by molar-refractivity contribution is 0.125. The van der Waals surface area contributed by atoms with E-state index >= 15 is 0 Å². The third kappa shape index (κ3) is 3.10. The number of halogens is 2. The average Bonchev–Trinajstić information content (AvgIpc) is 2.52. The molecular formula is C10H16F2N2. The van der Waals surface area contributed by atoms with Crippen LogP contribution in [0.15, 0.2) is 18.3 Å². The van der Waals surface area contributed by atoms with Crippen molar-refractivity contribution in [3.05, 3.63) is 24.0 Å². The van der Waals surface area contributed by atoms with E-state index in [1.807, 2.05) is 13.0 Å². The third-order valence-corrected chi connectivity index (χ3v) is 2.25. The molecule has 14 heavy (non-hydrogen) atoms. The standard InChI is InChI=1S/C10H16F2N2/c1-2-8(13)6-9-4-3-5-14(9)7-10(11)12/h3-5,8,10H,2,6-7,13H2,1H3. The molecular weight excluding hydrogens is 186 g/mol. The van der Waals surface area contributed by atoms with Crippen molar-refractivity contribution in [3.8, 4) is 0 Å². The topological polar surface area (TPSA) is 30.9 Å². The van der Waals surface area contributed by atoms with Gasteiger partial charge in [-0.2, -0.15) is 0 Å². The predicted molar refractivity (Wildman–Crippen MR) is 52.4 cm³/mol. The smallest absolute Gasteiger partial charge is 0.256 e. The second-order valence-electron chi connectivity index (χ2n) is 3.42. The summed E-state index contributed by atoms with van der Waals surface area (Å²) in [5.41, 5.74) is 6.65. The first-order chi connectivity index (χ1) is 6.63. The molecule has 1 rings (SSSR count). The second-order valence-corrected chi connectivity index (χ2v) is 3.42. The molecule has 1 atom stereocenters. The molecule has 0 aliphatic carbocycles. The minimum absolute atomic E-state index is 0.0568. The minimum Gasteiger partial charge on any atom is -0.346 e. The Morgan fingerprint density at radius 3 is 2.79 bits per heavy atom. The van der Waals surface area contributed by atoms with Crippen molar-refractivity contribution in [1.29, 1.82) is 0 Å². The number of aromatic nitrogens is 1. The van der Waals surface area contributed by atoms with Crippen molar-refractivity contribution in [1.82, 2.24) is 4.57 Å². The molecule has 0 aromatic carbocycles. The molecule has 0 saturated heterocycles. The first-order valence-electron chi connectivity index (χ1n) is 4.81. The lowest BCUT2D eigenvalue weighted by Crippen LogP contribution is -2.23. The van der Waals surface area contributed by atoms with Crippen LogP contribution in [-0.4, -0.2) is 17.0 Å². The summed E-state index contributed by atoms with van der Waals surface area (Å²) in [5, 5.41) is 0. The van der Waals surface area contributed by atoms with Crippen LogP contribution in [0.3, 0.4) is 0 Å². The summed E-state index contributed by atoms with van der Waals surface area (Å²) >= 11 is 0. The van der Waals surface area contributed by atoms with E-state index in [2.05, 4.69) is 0 Å². The summed E-state index contributed by atoms with van der Waals surface area (Å²) in [5.74, 6) is 0. The molecule has 1 aromatic rings. The fraction of sp³-hybridized carbons (Fsp3) is 0.600. The van der Waals surface area contributed by atoms with Crippen LogP contribution in [0.25, 0.3) is 0 Å². The van der Waals surface area contributed by atoms with E-state index in [1.165, 1.54) is 0 Å². The highest BCUT2D eigenvalue weighted by Crippen LogP contribution is 2.09. The van der Waals surface area contributed by atoms with Crippen molar-refractivity contribution in [3.63, 3.8) is 0 Å². The monoisotopic (exact) mass is 202 g/mol. The van der Waals surface area contributed by atoms with Crippen LogP contribution in [0.4, 0.5) is 8.78 Å². The zero-order valence-corrected chi connectivity index (χ0v) is 8.29. The van der Waals surface area contributed by atoms with Crippen molar-refractivity contribution in [2.45, 2.75) is 38.8 Å². The molecule has 0 bridgehead atoms. The fourth-order valence-corrected chi connectivity index (χ4v) is 1.37. The van der Waals surface area contributed by atoms with Crippen molar-refractivity contribution >= 4 is 0 Å². The number of nitrogens with zero attached hydrogens (tertiary/aromatic N) is 1. The summed E-state index contributed by atoms with van der Waals surface area (Å²) in [6.07, 6.45) is 0.888. The number of hydrogen-bond donors (Lipinski definition) is 1. The normalized spacial score (nSPS) is 13.5. The van der Waals surface area contributed by atoms with Gasteiger partial charge in [0.25, 0.3) is 6.43 Å². The molecule has 0 radical (unpaired) electrons. The number of rotatable bonds is 5. The molecule has 1 heterocycles. The van der Waals surface area contributed by atoms with E-state index in [-0.39, 0.29) is 12.6 Å². The summed E-state index contributed by atoms with van der Waals surface area (Å²) in [6.45, 7) is 1.75. The maximum Gasteiger partial charge on any atom is 0.256 e. The maximum absolute atomic E-state index is 12.1. The van der Waals surface area contributed by atoms with E-state index in [0.717, 1.165) is 12.1 Å². The fourth-order valence-electron chi connectivity index (χ4n) is 1.37. The van der Waals surface area contributed by atoms with Crippen LogP contribution in [0.5, 0.6) is 0 Å². The lowest BCUT2D eigenvalue weighted by Gasteiger charge is -2.12. The Morgan fingerprint density at radius 1 is 1.50 bits per heavy atom. The van der Waals surface area contributed by atoms with Gasteiger partial charge in [0.2, 0.25) is 0 Å². The zero-order valence-electron chi connectivity index (χ0n) is 8.29. The van der Waals surface area contributed by atoms with Gasteiger partial charge in [-0.25, -0.2) is 8.78 Å². The van der Waals surface area contributed by atoms with Gasteiger partial charge in [0.05, 0.1) is 6.54 Å². The Labute approximate surface area is 82.7 Å². The molecule has 80 valence electrons. The quantitative estimate of drug-likeness (QED) is 0.778. The minimum atomic E-state index is -2.31. The Bertz CT molecular complexity index is 271. The maximum atomic E-state index is 12.1. The van der Waals surface area contributed by atoms with E-state index in [1.54, 1.807) is 16.8 Å². The van der Waals surface area contributed by atoms with Crippen molar-refractivity contribution < 1.29 is 8.78 Å². The number of alkyl halides is 2. The summed E-state index contributed by atoms with van der Waals surface area (Å²) in [6, 6.07) is 3.68. The van der Waals surface area contributed by atoms with Gasteiger partial charge in [-0.05, 0) is 18.6 Å². The highest BCUT2D eigenvalue weighted by atomic mass is 19.3. The molecule has 0 spiro atoms. The Hall–Kier alpha value is -0.900. The molecule has 4 heteroatoms. The Kier molecular flexibility index (Phi) is 4.07. The zero-order chi connectivity index (χ0) is 10.6. The third-order valence-electron chi connectivity index (χ3n) is 2.25. The summed E-state index contributed by atoms with van der Waals surface area (Å²) < 4.78 is 25.9. The molecule has 0 fully saturated rings. The molecule has 0 saturated carbocycles. The average molecular weight is 202 g/mol. The van der Waals surface area contributed by atoms with Crippen LogP contribution in [0.2, 0.25) is 0 Å². The summed E-state index contributed by atoms with van der Waals surface area (Å²) in [7, 11) is 0. The molecule has 0 amide bonds. The first-order valence-corrected chi connectivity index (χ1v) is 4.81. The van der Waals surface area contributed by atoms with Gasteiger partial charge >= 0.3 is 0 Å². The molecule has 1 aromatic heterocycles. The van der Waals surface area contributed by atoms with E-state index < -0.39 is 6.43 Å². The Morgan fingerprint density at radius 2 is 2.21 bits per heavy atom. The van der Waals surface area contributed by atoms with Crippen molar-refractivity contribution in [2.24, 2.45) is 5.73 Å². The molecule has 2 nitrogen and oxygen atoms in total. The van der Waals surface area contributed by atoms with Gasteiger partial charge in [0.15, 0.2) is 0 Å². The van der Waals surface area contributed by atoms with Gasteiger partial charge in [-0.3, -0.25) is 0 Å².